The molecule has 0 spiro atoms. The van der Waals surface area contributed by atoms with E-state index in [2.05, 4.69) is 70.2 Å². The SMILES string of the molecule is C=CCC/C(=N/[N+](C)(C)C)c1ccc2ccccc2c1. The second-order valence-electron chi connectivity index (χ2n) is 5.88. The third-order valence-electron chi connectivity index (χ3n) is 3.09. The lowest BCUT2D eigenvalue weighted by molar-refractivity contribution is -0.877. The van der Waals surface area contributed by atoms with Gasteiger partial charge in [0.15, 0.2) is 0 Å². The molecule has 0 bridgehead atoms. The smallest absolute Gasteiger partial charge is 0.103 e. The lowest BCUT2D eigenvalue weighted by Crippen LogP contribution is -2.29. The first kappa shape index (κ1) is 14.5. The summed E-state index contributed by atoms with van der Waals surface area (Å²) < 4.78 is 0.583. The summed E-state index contributed by atoms with van der Waals surface area (Å²) >= 11 is 0. The molecule has 0 atom stereocenters. The highest BCUT2D eigenvalue weighted by molar-refractivity contribution is 6.03. The van der Waals surface area contributed by atoms with Crippen LogP contribution in [0.4, 0.5) is 0 Å². The van der Waals surface area contributed by atoms with Crippen molar-refractivity contribution < 1.29 is 4.59 Å². The fraction of sp³-hybridized carbons (Fsp3) is 0.278. The summed E-state index contributed by atoms with van der Waals surface area (Å²) in [6.45, 7) is 3.81. The maximum Gasteiger partial charge on any atom is 0.103 e. The van der Waals surface area contributed by atoms with E-state index >= 15 is 0 Å². The fourth-order valence-electron chi connectivity index (χ4n) is 2.22. The Hall–Kier alpha value is -1.93. The van der Waals surface area contributed by atoms with Gasteiger partial charge >= 0.3 is 0 Å². The molecule has 0 heterocycles. The van der Waals surface area contributed by atoms with Crippen molar-refractivity contribution in [3.63, 3.8) is 0 Å². The number of quaternary nitrogens is 1. The van der Waals surface area contributed by atoms with Crippen molar-refractivity contribution in [2.75, 3.05) is 21.1 Å². The molecule has 2 aromatic carbocycles. The summed E-state index contributed by atoms with van der Waals surface area (Å²) in [5.41, 5.74) is 2.35. The Bertz CT molecular complexity index is 633. The molecule has 0 saturated heterocycles. The third kappa shape index (κ3) is 3.78. The molecule has 2 heteroatoms. The molecule has 0 unspecified atom stereocenters. The number of benzene rings is 2. The summed E-state index contributed by atoms with van der Waals surface area (Å²) in [4.78, 5) is 0. The number of rotatable bonds is 5. The monoisotopic (exact) mass is 267 g/mol. The van der Waals surface area contributed by atoms with Gasteiger partial charge in [-0.1, -0.05) is 47.6 Å². The molecule has 0 amide bonds. The van der Waals surface area contributed by atoms with Gasteiger partial charge in [-0.15, -0.1) is 6.58 Å². The van der Waals surface area contributed by atoms with E-state index in [9.17, 15) is 0 Å². The van der Waals surface area contributed by atoms with E-state index in [1.807, 2.05) is 6.08 Å². The van der Waals surface area contributed by atoms with Crippen molar-refractivity contribution in [3.05, 3.63) is 60.7 Å². The van der Waals surface area contributed by atoms with Gasteiger partial charge < -0.3 is 0 Å². The average Bonchev–Trinajstić information content (AvgIpc) is 2.41. The van der Waals surface area contributed by atoms with Gasteiger partial charge in [0.25, 0.3) is 0 Å². The molecule has 104 valence electrons. The van der Waals surface area contributed by atoms with Crippen molar-refractivity contribution in [2.45, 2.75) is 12.8 Å². The van der Waals surface area contributed by atoms with Crippen LogP contribution in [0.3, 0.4) is 0 Å². The molecule has 2 aromatic rings. The van der Waals surface area contributed by atoms with E-state index in [1.54, 1.807) is 0 Å². The molecule has 0 saturated carbocycles. The van der Waals surface area contributed by atoms with Crippen LogP contribution in [0.15, 0.2) is 60.2 Å². The van der Waals surface area contributed by atoms with Gasteiger partial charge in [0.05, 0.1) is 21.1 Å². The van der Waals surface area contributed by atoms with Crippen LogP contribution in [0.25, 0.3) is 10.8 Å². The number of hydrogen-bond donors (Lipinski definition) is 0. The highest BCUT2D eigenvalue weighted by atomic mass is 15.6. The zero-order valence-corrected chi connectivity index (χ0v) is 12.6. The van der Waals surface area contributed by atoms with Gasteiger partial charge in [-0.25, -0.2) is 4.59 Å². The first-order valence-electron chi connectivity index (χ1n) is 7.00. The molecular weight excluding hydrogens is 244 g/mol. The van der Waals surface area contributed by atoms with Gasteiger partial charge in [0, 0.05) is 5.56 Å². The van der Waals surface area contributed by atoms with Crippen molar-refractivity contribution in [1.29, 1.82) is 0 Å². The summed E-state index contributed by atoms with van der Waals surface area (Å²) in [5, 5.41) is 7.36. The van der Waals surface area contributed by atoms with Crippen molar-refractivity contribution >= 4 is 16.5 Å². The first-order valence-corrected chi connectivity index (χ1v) is 7.00. The lowest BCUT2D eigenvalue weighted by atomic mass is 10.0. The second kappa shape index (κ2) is 6.02. The van der Waals surface area contributed by atoms with E-state index < -0.39 is 0 Å². The summed E-state index contributed by atoms with van der Waals surface area (Å²) in [6.07, 6.45) is 3.83. The lowest BCUT2D eigenvalue weighted by Gasteiger charge is -2.18. The van der Waals surface area contributed by atoms with Crippen LogP contribution < -0.4 is 0 Å². The molecule has 0 radical (unpaired) electrons. The average molecular weight is 267 g/mol. The number of nitrogens with zero attached hydrogens (tertiary/aromatic N) is 2. The van der Waals surface area contributed by atoms with Crippen molar-refractivity contribution in [1.82, 2.24) is 0 Å². The van der Waals surface area contributed by atoms with E-state index in [0.717, 1.165) is 18.6 Å². The Kier molecular flexibility index (Phi) is 4.35. The van der Waals surface area contributed by atoms with Crippen molar-refractivity contribution in [2.24, 2.45) is 5.10 Å². The van der Waals surface area contributed by atoms with Crippen LogP contribution in [0.5, 0.6) is 0 Å². The highest BCUT2D eigenvalue weighted by Crippen LogP contribution is 2.18. The Labute approximate surface area is 121 Å². The van der Waals surface area contributed by atoms with E-state index in [0.29, 0.717) is 4.59 Å². The molecule has 0 aliphatic heterocycles. The third-order valence-corrected chi connectivity index (χ3v) is 3.09. The topological polar surface area (TPSA) is 12.4 Å². The summed E-state index contributed by atoms with van der Waals surface area (Å²) in [6, 6.07) is 15.0. The number of hydrogen-bond acceptors (Lipinski definition) is 1. The fourth-order valence-corrected chi connectivity index (χ4v) is 2.22. The molecule has 0 aliphatic rings. The van der Waals surface area contributed by atoms with Crippen LogP contribution >= 0.6 is 0 Å². The zero-order valence-electron chi connectivity index (χ0n) is 12.6. The predicted octanol–water partition coefficient (Wildman–Crippen LogP) is 4.22. The minimum Gasteiger partial charge on any atom is -0.205 e. The Morgan fingerprint density at radius 3 is 2.45 bits per heavy atom. The molecule has 0 N–H and O–H groups in total. The second-order valence-corrected chi connectivity index (χ2v) is 5.88. The molecule has 2 nitrogen and oxygen atoms in total. The van der Waals surface area contributed by atoms with E-state index in [-0.39, 0.29) is 0 Å². The number of fused-ring (bicyclic) bond motifs is 1. The quantitative estimate of drug-likeness (QED) is 0.333. The van der Waals surface area contributed by atoms with Crippen LogP contribution in [0.1, 0.15) is 18.4 Å². The number of allylic oxidation sites excluding steroid dienone is 1. The highest BCUT2D eigenvalue weighted by Gasteiger charge is 2.11. The Balaban J connectivity index is 2.44. The standard InChI is InChI=1S/C18H23N2/c1-5-6-11-18(19-20(2,3)4)17-13-12-15-9-7-8-10-16(15)14-17/h5,7-10,12-14H,1,6,11H2,2-4H3/q+1/b19-18-. The molecule has 0 aliphatic carbocycles. The zero-order chi connectivity index (χ0) is 14.6. The van der Waals surface area contributed by atoms with E-state index in [4.69, 9.17) is 5.10 Å². The maximum atomic E-state index is 4.83. The normalized spacial score (nSPS) is 12.7. The van der Waals surface area contributed by atoms with Crippen LogP contribution in [-0.4, -0.2) is 31.4 Å². The molecule has 2 rings (SSSR count). The minimum atomic E-state index is 0.583. The molecular formula is C18H23N2+. The van der Waals surface area contributed by atoms with Gasteiger partial charge in [-0.05, 0) is 29.7 Å². The van der Waals surface area contributed by atoms with E-state index in [1.165, 1.54) is 16.3 Å². The van der Waals surface area contributed by atoms with Crippen LogP contribution in [-0.2, 0) is 0 Å². The minimum absolute atomic E-state index is 0.583. The van der Waals surface area contributed by atoms with Crippen LogP contribution in [0.2, 0.25) is 0 Å². The van der Waals surface area contributed by atoms with Crippen LogP contribution in [0, 0.1) is 0 Å². The van der Waals surface area contributed by atoms with Gasteiger partial charge in [-0.2, -0.15) is 0 Å². The van der Waals surface area contributed by atoms with Gasteiger partial charge in [-0.3, -0.25) is 0 Å². The largest absolute Gasteiger partial charge is 0.205 e. The van der Waals surface area contributed by atoms with Gasteiger partial charge in [0.1, 0.15) is 5.71 Å². The van der Waals surface area contributed by atoms with Gasteiger partial charge in [0.2, 0.25) is 0 Å². The van der Waals surface area contributed by atoms with Crippen molar-refractivity contribution in [3.8, 4) is 0 Å². The molecule has 20 heavy (non-hydrogen) atoms. The summed E-state index contributed by atoms with van der Waals surface area (Å²) in [7, 11) is 6.23. The first-order chi connectivity index (χ1) is 9.49. The Morgan fingerprint density at radius 1 is 1.10 bits per heavy atom. The predicted molar refractivity (Wildman–Crippen MR) is 87.9 cm³/mol. The maximum absolute atomic E-state index is 4.83. The summed E-state index contributed by atoms with van der Waals surface area (Å²) in [5.74, 6) is 0. The molecule has 0 fully saturated rings. The Morgan fingerprint density at radius 2 is 1.80 bits per heavy atom. The molecule has 0 aromatic heterocycles.